The van der Waals surface area contributed by atoms with Gasteiger partial charge in [0.05, 0.1) is 0 Å². The number of ether oxygens (including phenoxy) is 1. The molecule has 0 saturated heterocycles. The van der Waals surface area contributed by atoms with Crippen LogP contribution >= 0.6 is 0 Å². The topological polar surface area (TPSA) is 75.7 Å². The van der Waals surface area contributed by atoms with Crippen LogP contribution in [0.3, 0.4) is 0 Å². The highest BCUT2D eigenvalue weighted by Crippen LogP contribution is 2.21. The van der Waals surface area contributed by atoms with Crippen LogP contribution in [0.5, 0.6) is 0 Å². The van der Waals surface area contributed by atoms with Crippen molar-refractivity contribution in [3.8, 4) is 11.1 Å². The van der Waals surface area contributed by atoms with Crippen LogP contribution in [0.2, 0.25) is 0 Å². The SMILES string of the molecule is CN(C(=O)COC(=O)CNC(=O)c1ccc(-c2ccccc2)cc1)C1CCCCC1. The first kappa shape index (κ1) is 21.6. The molecule has 2 aromatic carbocycles. The Morgan fingerprint density at radius 3 is 2.23 bits per heavy atom. The minimum Gasteiger partial charge on any atom is -0.454 e. The average Bonchev–Trinajstić information content (AvgIpc) is 2.81. The second kappa shape index (κ2) is 10.6. The van der Waals surface area contributed by atoms with Crippen molar-refractivity contribution in [1.82, 2.24) is 10.2 Å². The van der Waals surface area contributed by atoms with E-state index in [4.69, 9.17) is 4.74 Å². The van der Waals surface area contributed by atoms with Gasteiger partial charge in [0, 0.05) is 18.7 Å². The predicted octanol–water partition coefficient (Wildman–Crippen LogP) is 3.42. The lowest BCUT2D eigenvalue weighted by Crippen LogP contribution is -2.41. The fourth-order valence-corrected chi connectivity index (χ4v) is 3.67. The summed E-state index contributed by atoms with van der Waals surface area (Å²) in [5, 5.41) is 2.54. The first-order valence-corrected chi connectivity index (χ1v) is 10.4. The van der Waals surface area contributed by atoms with Gasteiger partial charge in [-0.15, -0.1) is 0 Å². The molecule has 0 unspecified atom stereocenters. The van der Waals surface area contributed by atoms with Crippen molar-refractivity contribution in [2.75, 3.05) is 20.2 Å². The van der Waals surface area contributed by atoms with Crippen LogP contribution in [0, 0.1) is 0 Å². The molecule has 0 radical (unpaired) electrons. The fourth-order valence-electron chi connectivity index (χ4n) is 3.67. The van der Waals surface area contributed by atoms with E-state index in [0.29, 0.717) is 5.56 Å². The highest BCUT2D eigenvalue weighted by Gasteiger charge is 2.22. The van der Waals surface area contributed by atoms with Crippen molar-refractivity contribution in [2.45, 2.75) is 38.1 Å². The van der Waals surface area contributed by atoms with Crippen molar-refractivity contribution < 1.29 is 19.1 Å². The lowest BCUT2D eigenvalue weighted by atomic mass is 9.94. The number of rotatable bonds is 7. The zero-order chi connectivity index (χ0) is 21.3. The van der Waals surface area contributed by atoms with E-state index >= 15 is 0 Å². The van der Waals surface area contributed by atoms with Crippen molar-refractivity contribution >= 4 is 17.8 Å². The molecule has 0 heterocycles. The molecule has 0 bridgehead atoms. The molecule has 0 aliphatic heterocycles. The average molecular weight is 408 g/mol. The smallest absolute Gasteiger partial charge is 0.325 e. The number of benzene rings is 2. The van der Waals surface area contributed by atoms with E-state index in [2.05, 4.69) is 5.32 Å². The highest BCUT2D eigenvalue weighted by molar-refractivity contribution is 5.96. The number of hydrogen-bond acceptors (Lipinski definition) is 4. The summed E-state index contributed by atoms with van der Waals surface area (Å²) in [5.74, 6) is -1.20. The number of likely N-dealkylation sites (N-methyl/N-ethyl adjacent to an activating group) is 1. The van der Waals surface area contributed by atoms with Gasteiger partial charge < -0.3 is 15.0 Å². The maximum Gasteiger partial charge on any atom is 0.325 e. The van der Waals surface area contributed by atoms with Gasteiger partial charge in [-0.05, 0) is 36.1 Å². The first-order valence-electron chi connectivity index (χ1n) is 10.4. The monoisotopic (exact) mass is 408 g/mol. The Hall–Kier alpha value is -3.15. The number of carbonyl (C=O) groups excluding carboxylic acids is 3. The summed E-state index contributed by atoms with van der Waals surface area (Å²) in [6.07, 6.45) is 5.45. The van der Waals surface area contributed by atoms with Crippen LogP contribution in [-0.4, -0.2) is 48.9 Å². The molecular formula is C24H28N2O4. The van der Waals surface area contributed by atoms with Gasteiger partial charge in [0.15, 0.2) is 6.61 Å². The maximum atomic E-state index is 12.3. The lowest BCUT2D eigenvalue weighted by Gasteiger charge is -2.31. The normalized spacial score (nSPS) is 14.0. The predicted molar refractivity (Wildman–Crippen MR) is 115 cm³/mol. The molecule has 0 atom stereocenters. The maximum absolute atomic E-state index is 12.3. The molecule has 6 heteroatoms. The van der Waals surface area contributed by atoms with E-state index in [1.165, 1.54) is 6.42 Å². The van der Waals surface area contributed by atoms with E-state index in [1.807, 2.05) is 42.5 Å². The van der Waals surface area contributed by atoms with Gasteiger partial charge >= 0.3 is 5.97 Å². The molecule has 1 aliphatic rings. The van der Waals surface area contributed by atoms with Gasteiger partial charge in [0.1, 0.15) is 6.54 Å². The van der Waals surface area contributed by atoms with Crippen LogP contribution in [0.15, 0.2) is 54.6 Å². The molecule has 3 rings (SSSR count). The van der Waals surface area contributed by atoms with Crippen LogP contribution in [0.4, 0.5) is 0 Å². The molecule has 6 nitrogen and oxygen atoms in total. The second-order valence-electron chi connectivity index (χ2n) is 7.58. The van der Waals surface area contributed by atoms with Crippen LogP contribution in [0.25, 0.3) is 11.1 Å². The molecule has 0 spiro atoms. The minimum absolute atomic E-state index is 0.210. The molecule has 1 fully saturated rings. The molecule has 1 saturated carbocycles. The summed E-state index contributed by atoms with van der Waals surface area (Å²) in [6, 6.07) is 17.2. The molecule has 1 N–H and O–H groups in total. The molecular weight excluding hydrogens is 380 g/mol. The summed E-state index contributed by atoms with van der Waals surface area (Å²) in [7, 11) is 1.76. The highest BCUT2D eigenvalue weighted by atomic mass is 16.5. The number of carbonyl (C=O) groups is 3. The Labute approximate surface area is 177 Å². The van der Waals surface area contributed by atoms with Crippen molar-refractivity contribution in [3.63, 3.8) is 0 Å². The summed E-state index contributed by atoms with van der Waals surface area (Å²) < 4.78 is 5.03. The molecule has 1 aliphatic carbocycles. The Bertz CT molecular complexity index is 859. The number of nitrogens with zero attached hydrogens (tertiary/aromatic N) is 1. The van der Waals surface area contributed by atoms with Crippen LogP contribution < -0.4 is 5.32 Å². The summed E-state index contributed by atoms with van der Waals surface area (Å²) in [4.78, 5) is 38.1. The van der Waals surface area contributed by atoms with E-state index < -0.39 is 5.97 Å². The summed E-state index contributed by atoms with van der Waals surface area (Å²) in [6.45, 7) is -0.576. The number of amides is 2. The van der Waals surface area contributed by atoms with Crippen LogP contribution in [-0.2, 0) is 14.3 Å². The molecule has 30 heavy (non-hydrogen) atoms. The van der Waals surface area contributed by atoms with Crippen molar-refractivity contribution in [2.24, 2.45) is 0 Å². The third kappa shape index (κ3) is 5.92. The number of hydrogen-bond donors (Lipinski definition) is 1. The molecule has 0 aromatic heterocycles. The fraction of sp³-hybridized carbons (Fsp3) is 0.375. The third-order valence-electron chi connectivity index (χ3n) is 5.52. The van der Waals surface area contributed by atoms with Crippen LogP contribution in [0.1, 0.15) is 42.5 Å². The zero-order valence-electron chi connectivity index (χ0n) is 17.3. The quantitative estimate of drug-likeness (QED) is 0.713. The van der Waals surface area contributed by atoms with Gasteiger partial charge in [0.25, 0.3) is 11.8 Å². The van der Waals surface area contributed by atoms with E-state index in [9.17, 15) is 14.4 Å². The third-order valence-corrected chi connectivity index (χ3v) is 5.52. The van der Waals surface area contributed by atoms with Gasteiger partial charge in [-0.25, -0.2) is 0 Å². The summed E-state index contributed by atoms with van der Waals surface area (Å²) in [5.41, 5.74) is 2.53. The van der Waals surface area contributed by atoms with Gasteiger partial charge in [-0.3, -0.25) is 14.4 Å². The minimum atomic E-state index is -0.630. The van der Waals surface area contributed by atoms with Gasteiger partial charge in [-0.1, -0.05) is 61.7 Å². The van der Waals surface area contributed by atoms with E-state index in [1.54, 1.807) is 24.1 Å². The van der Waals surface area contributed by atoms with E-state index in [-0.39, 0.29) is 31.0 Å². The molecule has 2 amide bonds. The van der Waals surface area contributed by atoms with E-state index in [0.717, 1.165) is 36.8 Å². The Morgan fingerprint density at radius 2 is 1.57 bits per heavy atom. The Morgan fingerprint density at radius 1 is 0.933 bits per heavy atom. The van der Waals surface area contributed by atoms with Crippen molar-refractivity contribution in [1.29, 1.82) is 0 Å². The molecule has 158 valence electrons. The lowest BCUT2D eigenvalue weighted by molar-refractivity contribution is -0.151. The van der Waals surface area contributed by atoms with Gasteiger partial charge in [-0.2, -0.15) is 0 Å². The standard InChI is InChI=1S/C24H28N2O4/c1-26(21-10-6-3-7-11-21)22(27)17-30-23(28)16-25-24(29)20-14-12-19(13-15-20)18-8-4-2-5-9-18/h2,4-5,8-9,12-15,21H,3,6-7,10-11,16-17H2,1H3,(H,25,29). The number of esters is 1. The first-order chi connectivity index (χ1) is 14.5. The second-order valence-corrected chi connectivity index (χ2v) is 7.58. The summed E-state index contributed by atoms with van der Waals surface area (Å²) >= 11 is 0. The Balaban J connectivity index is 1.42. The van der Waals surface area contributed by atoms with Crippen molar-refractivity contribution in [3.05, 3.63) is 60.2 Å². The number of nitrogens with one attached hydrogen (secondary N) is 1. The molecule has 2 aromatic rings. The Kier molecular flexibility index (Phi) is 7.60. The van der Waals surface area contributed by atoms with Gasteiger partial charge in [0.2, 0.25) is 0 Å². The zero-order valence-corrected chi connectivity index (χ0v) is 17.3. The largest absolute Gasteiger partial charge is 0.454 e.